The summed E-state index contributed by atoms with van der Waals surface area (Å²) in [5.74, 6) is -1.35. The Morgan fingerprint density at radius 1 is 1.26 bits per heavy atom. The fourth-order valence-corrected chi connectivity index (χ4v) is 1.70. The van der Waals surface area contributed by atoms with Crippen LogP contribution in [0.2, 0.25) is 5.02 Å². The first-order chi connectivity index (χ1) is 8.97. The molecule has 2 rings (SSSR count). The predicted molar refractivity (Wildman–Crippen MR) is 71.9 cm³/mol. The predicted octanol–water partition coefficient (Wildman–Crippen LogP) is 3.02. The van der Waals surface area contributed by atoms with Crippen molar-refractivity contribution in [3.05, 3.63) is 52.8 Å². The van der Waals surface area contributed by atoms with Gasteiger partial charge in [-0.15, -0.1) is 0 Å². The maximum atomic E-state index is 13.1. The maximum Gasteiger partial charge on any atom is 0.257 e. The Balaban J connectivity index is 2.30. The van der Waals surface area contributed by atoms with Crippen LogP contribution in [0.5, 0.6) is 5.75 Å². The number of halogens is 2. The molecule has 0 aliphatic heterocycles. The largest absolute Gasteiger partial charge is 0.506 e. The zero-order chi connectivity index (χ0) is 14.0. The molecule has 4 N–H and O–H groups in total. The number of benzene rings is 2. The third-order valence-electron chi connectivity index (χ3n) is 2.47. The summed E-state index contributed by atoms with van der Waals surface area (Å²) in [5, 5.41) is 12.3. The van der Waals surface area contributed by atoms with E-state index in [2.05, 4.69) is 5.32 Å². The van der Waals surface area contributed by atoms with Gasteiger partial charge in [-0.3, -0.25) is 4.79 Å². The highest BCUT2D eigenvalue weighted by Gasteiger charge is 2.13. The van der Waals surface area contributed by atoms with Crippen LogP contribution >= 0.6 is 11.6 Å². The number of phenols is 1. The number of nitrogen functional groups attached to an aromatic ring is 1. The molecule has 2 aromatic carbocycles. The van der Waals surface area contributed by atoms with Gasteiger partial charge in [0.25, 0.3) is 5.91 Å². The van der Waals surface area contributed by atoms with Crippen LogP contribution in [0.4, 0.5) is 15.8 Å². The third-order valence-corrected chi connectivity index (χ3v) is 2.70. The van der Waals surface area contributed by atoms with E-state index < -0.39 is 11.7 Å². The fraction of sp³-hybridized carbons (Fsp3) is 0. The van der Waals surface area contributed by atoms with Crippen LogP contribution in [0, 0.1) is 5.82 Å². The van der Waals surface area contributed by atoms with Crippen molar-refractivity contribution < 1.29 is 14.3 Å². The van der Waals surface area contributed by atoms with Gasteiger partial charge >= 0.3 is 0 Å². The van der Waals surface area contributed by atoms with Crippen molar-refractivity contribution in [1.29, 1.82) is 0 Å². The first-order valence-electron chi connectivity index (χ1n) is 5.32. The number of anilines is 2. The van der Waals surface area contributed by atoms with Gasteiger partial charge < -0.3 is 16.2 Å². The van der Waals surface area contributed by atoms with Crippen molar-refractivity contribution in [3.63, 3.8) is 0 Å². The zero-order valence-corrected chi connectivity index (χ0v) is 10.4. The van der Waals surface area contributed by atoms with Crippen molar-refractivity contribution in [2.45, 2.75) is 0 Å². The number of nitrogens with one attached hydrogen (secondary N) is 1. The molecule has 19 heavy (non-hydrogen) atoms. The summed E-state index contributed by atoms with van der Waals surface area (Å²) in [4.78, 5) is 11.9. The lowest BCUT2D eigenvalue weighted by molar-refractivity contribution is 0.102. The molecule has 6 heteroatoms. The highest BCUT2D eigenvalue weighted by molar-refractivity contribution is 6.31. The van der Waals surface area contributed by atoms with Crippen molar-refractivity contribution in [1.82, 2.24) is 0 Å². The molecule has 0 fully saturated rings. The smallest absolute Gasteiger partial charge is 0.257 e. The minimum Gasteiger partial charge on any atom is -0.506 e. The summed E-state index contributed by atoms with van der Waals surface area (Å²) in [6.07, 6.45) is 0. The summed E-state index contributed by atoms with van der Waals surface area (Å²) in [6, 6.07) is 7.66. The number of nitrogens with two attached hydrogens (primary N) is 1. The van der Waals surface area contributed by atoms with E-state index >= 15 is 0 Å². The molecule has 0 radical (unpaired) electrons. The number of hydrogen-bond acceptors (Lipinski definition) is 3. The molecule has 1 amide bonds. The lowest BCUT2D eigenvalue weighted by Gasteiger charge is -2.09. The quantitative estimate of drug-likeness (QED) is 0.585. The van der Waals surface area contributed by atoms with Gasteiger partial charge in [-0.2, -0.15) is 0 Å². The standard InChI is InChI=1S/C13H10ClFN2O2/c14-7-1-4-12(18)11(5-7)17-13(19)9-6-8(15)2-3-10(9)16/h1-6,18H,16H2,(H,17,19). The number of amides is 1. The summed E-state index contributed by atoms with van der Waals surface area (Å²) < 4.78 is 13.1. The SMILES string of the molecule is Nc1ccc(F)cc1C(=O)Nc1cc(Cl)ccc1O. The first-order valence-corrected chi connectivity index (χ1v) is 5.70. The van der Waals surface area contributed by atoms with Crippen LogP contribution in [0.15, 0.2) is 36.4 Å². The second-order valence-electron chi connectivity index (χ2n) is 3.85. The summed E-state index contributed by atoms with van der Waals surface area (Å²) in [5.41, 5.74) is 5.85. The molecule has 0 aliphatic rings. The molecular formula is C13H10ClFN2O2. The Morgan fingerprint density at radius 2 is 2.00 bits per heavy atom. The minimum atomic E-state index is -0.630. The van der Waals surface area contributed by atoms with Crippen LogP contribution in [0.25, 0.3) is 0 Å². The number of phenolic OH excluding ortho intramolecular Hbond substituents is 1. The van der Waals surface area contributed by atoms with Crippen LogP contribution < -0.4 is 11.1 Å². The van der Waals surface area contributed by atoms with Crippen LogP contribution in [0.1, 0.15) is 10.4 Å². The fourth-order valence-electron chi connectivity index (χ4n) is 1.52. The molecule has 0 atom stereocenters. The van der Waals surface area contributed by atoms with Crippen molar-refractivity contribution in [3.8, 4) is 5.75 Å². The molecule has 0 aliphatic carbocycles. The number of rotatable bonds is 2. The average Bonchev–Trinajstić information content (AvgIpc) is 2.36. The number of aromatic hydroxyl groups is 1. The van der Waals surface area contributed by atoms with E-state index in [1.807, 2.05) is 0 Å². The summed E-state index contributed by atoms with van der Waals surface area (Å²) >= 11 is 5.76. The molecular weight excluding hydrogens is 271 g/mol. The van der Waals surface area contributed by atoms with E-state index in [0.717, 1.165) is 12.1 Å². The van der Waals surface area contributed by atoms with E-state index in [4.69, 9.17) is 17.3 Å². The Kier molecular flexibility index (Phi) is 3.57. The molecule has 2 aromatic rings. The Bertz CT molecular complexity index is 647. The monoisotopic (exact) mass is 280 g/mol. The van der Waals surface area contributed by atoms with Crippen LogP contribution in [-0.2, 0) is 0 Å². The Morgan fingerprint density at radius 3 is 2.74 bits per heavy atom. The highest BCUT2D eigenvalue weighted by atomic mass is 35.5. The lowest BCUT2D eigenvalue weighted by atomic mass is 10.1. The van der Waals surface area contributed by atoms with E-state index in [9.17, 15) is 14.3 Å². The molecule has 0 aromatic heterocycles. The molecule has 0 spiro atoms. The van der Waals surface area contributed by atoms with Gasteiger partial charge in [0, 0.05) is 10.7 Å². The normalized spacial score (nSPS) is 10.2. The molecule has 0 bridgehead atoms. The Hall–Kier alpha value is -2.27. The van der Waals surface area contributed by atoms with Crippen molar-refractivity contribution in [2.75, 3.05) is 11.1 Å². The maximum absolute atomic E-state index is 13.1. The summed E-state index contributed by atoms with van der Waals surface area (Å²) in [6.45, 7) is 0. The van der Waals surface area contributed by atoms with E-state index in [1.165, 1.54) is 24.3 Å². The van der Waals surface area contributed by atoms with Gasteiger partial charge in [-0.25, -0.2) is 4.39 Å². The van der Waals surface area contributed by atoms with E-state index in [1.54, 1.807) is 0 Å². The summed E-state index contributed by atoms with van der Waals surface area (Å²) in [7, 11) is 0. The average molecular weight is 281 g/mol. The second-order valence-corrected chi connectivity index (χ2v) is 4.28. The molecule has 0 saturated carbocycles. The number of hydrogen-bond donors (Lipinski definition) is 3. The van der Waals surface area contributed by atoms with Crippen LogP contribution in [-0.4, -0.2) is 11.0 Å². The zero-order valence-electron chi connectivity index (χ0n) is 9.65. The van der Waals surface area contributed by atoms with Crippen LogP contribution in [0.3, 0.4) is 0 Å². The topological polar surface area (TPSA) is 75.4 Å². The van der Waals surface area contributed by atoms with Crippen molar-refractivity contribution >= 4 is 28.9 Å². The number of carbonyl (C=O) groups is 1. The van der Waals surface area contributed by atoms with Gasteiger partial charge in [0.15, 0.2) is 0 Å². The first kappa shape index (κ1) is 13.2. The third kappa shape index (κ3) is 2.95. The molecule has 0 unspecified atom stereocenters. The van der Waals surface area contributed by atoms with E-state index in [0.29, 0.717) is 5.02 Å². The molecule has 0 heterocycles. The van der Waals surface area contributed by atoms with Gasteiger partial charge in [-0.1, -0.05) is 11.6 Å². The lowest BCUT2D eigenvalue weighted by Crippen LogP contribution is -2.14. The minimum absolute atomic E-state index is 0.0145. The van der Waals surface area contributed by atoms with Gasteiger partial charge in [0.2, 0.25) is 0 Å². The molecule has 4 nitrogen and oxygen atoms in total. The Labute approximate surface area is 113 Å². The van der Waals surface area contributed by atoms with E-state index in [-0.39, 0.29) is 22.7 Å². The van der Waals surface area contributed by atoms with Crippen molar-refractivity contribution in [2.24, 2.45) is 0 Å². The molecule has 98 valence electrons. The highest BCUT2D eigenvalue weighted by Crippen LogP contribution is 2.27. The van der Waals surface area contributed by atoms with Gasteiger partial charge in [0.1, 0.15) is 11.6 Å². The molecule has 0 saturated heterocycles. The second kappa shape index (κ2) is 5.16. The van der Waals surface area contributed by atoms with Gasteiger partial charge in [0.05, 0.1) is 11.3 Å². The number of carbonyl (C=O) groups excluding carboxylic acids is 1. The van der Waals surface area contributed by atoms with Gasteiger partial charge in [-0.05, 0) is 36.4 Å².